The summed E-state index contributed by atoms with van der Waals surface area (Å²) < 4.78 is 5.58. The molecule has 1 amide bonds. The van der Waals surface area contributed by atoms with Crippen LogP contribution >= 0.6 is 24.0 Å². The van der Waals surface area contributed by atoms with E-state index in [0.29, 0.717) is 20.5 Å². The predicted octanol–water partition coefficient (Wildman–Crippen LogP) is 4.42. The lowest BCUT2D eigenvalue weighted by Gasteiger charge is -2.16. The number of carbonyl (C=O) groups excluding carboxylic acids is 1. The van der Waals surface area contributed by atoms with E-state index in [2.05, 4.69) is 0 Å². The fourth-order valence-corrected chi connectivity index (χ4v) is 3.81. The van der Waals surface area contributed by atoms with Gasteiger partial charge in [-0.3, -0.25) is 9.69 Å². The fraction of sp³-hybridized carbons (Fsp3) is 0.158. The maximum Gasteiger partial charge on any atom is 0.270 e. The molecule has 0 saturated carbocycles. The molecule has 1 heterocycles. The van der Waals surface area contributed by atoms with Crippen molar-refractivity contribution < 1.29 is 14.6 Å². The second-order valence-electron chi connectivity index (χ2n) is 5.68. The summed E-state index contributed by atoms with van der Waals surface area (Å²) in [5.41, 5.74) is 3.52. The average Bonchev–Trinajstić information content (AvgIpc) is 2.86. The number of aryl methyl sites for hydroxylation is 2. The monoisotopic (exact) mass is 371 g/mol. The van der Waals surface area contributed by atoms with Crippen LogP contribution in [-0.2, 0) is 4.79 Å². The van der Waals surface area contributed by atoms with E-state index in [9.17, 15) is 9.90 Å². The number of phenolic OH excluding ortho intramolecular Hbond substituents is 1. The van der Waals surface area contributed by atoms with Gasteiger partial charge in [0, 0.05) is 5.56 Å². The lowest BCUT2D eigenvalue weighted by molar-refractivity contribution is -0.113. The summed E-state index contributed by atoms with van der Waals surface area (Å²) in [6, 6.07) is 11.0. The highest BCUT2D eigenvalue weighted by Crippen LogP contribution is 2.39. The molecule has 0 aliphatic carbocycles. The lowest BCUT2D eigenvalue weighted by atomic mass is 10.1. The van der Waals surface area contributed by atoms with Crippen molar-refractivity contribution in [1.29, 1.82) is 0 Å². The molecule has 1 aliphatic heterocycles. The second kappa shape index (κ2) is 6.90. The van der Waals surface area contributed by atoms with Gasteiger partial charge in [0.2, 0.25) is 0 Å². The van der Waals surface area contributed by atoms with E-state index in [0.717, 1.165) is 16.8 Å². The molecule has 2 aromatic carbocycles. The van der Waals surface area contributed by atoms with Gasteiger partial charge >= 0.3 is 0 Å². The summed E-state index contributed by atoms with van der Waals surface area (Å²) in [5.74, 6) is 0.167. The minimum Gasteiger partial charge on any atom is -0.504 e. The lowest BCUT2D eigenvalue weighted by Crippen LogP contribution is -2.27. The first-order valence-corrected chi connectivity index (χ1v) is 8.86. The van der Waals surface area contributed by atoms with Crippen molar-refractivity contribution in [3.05, 3.63) is 58.0 Å². The van der Waals surface area contributed by atoms with Crippen LogP contribution in [0.4, 0.5) is 5.69 Å². The van der Waals surface area contributed by atoms with Crippen molar-refractivity contribution in [1.82, 2.24) is 0 Å². The molecule has 2 aromatic rings. The Labute approximate surface area is 156 Å². The molecular weight excluding hydrogens is 354 g/mol. The number of phenols is 1. The van der Waals surface area contributed by atoms with Gasteiger partial charge in [0.1, 0.15) is 0 Å². The average molecular weight is 371 g/mol. The number of hydrogen-bond acceptors (Lipinski definition) is 5. The van der Waals surface area contributed by atoms with Crippen LogP contribution in [0.2, 0.25) is 0 Å². The van der Waals surface area contributed by atoms with Crippen LogP contribution in [0.25, 0.3) is 6.08 Å². The van der Waals surface area contributed by atoms with Gasteiger partial charge < -0.3 is 9.84 Å². The second-order valence-corrected chi connectivity index (χ2v) is 7.36. The van der Waals surface area contributed by atoms with Crippen LogP contribution in [0.15, 0.2) is 41.3 Å². The van der Waals surface area contributed by atoms with Crippen molar-refractivity contribution in [2.45, 2.75) is 13.8 Å². The molecule has 0 unspecified atom stereocenters. The molecule has 0 spiro atoms. The summed E-state index contributed by atoms with van der Waals surface area (Å²) in [5, 5.41) is 10.2. The Kier molecular flexibility index (Phi) is 4.83. The van der Waals surface area contributed by atoms with E-state index in [1.54, 1.807) is 24.3 Å². The number of amides is 1. The van der Waals surface area contributed by atoms with Gasteiger partial charge in [-0.25, -0.2) is 0 Å². The van der Waals surface area contributed by atoms with Gasteiger partial charge in [0.05, 0.1) is 17.7 Å². The molecule has 1 fully saturated rings. The van der Waals surface area contributed by atoms with Crippen LogP contribution in [0.1, 0.15) is 16.7 Å². The molecule has 25 heavy (non-hydrogen) atoms. The summed E-state index contributed by atoms with van der Waals surface area (Å²) >= 11 is 6.61. The molecule has 0 aromatic heterocycles. The smallest absolute Gasteiger partial charge is 0.270 e. The van der Waals surface area contributed by atoms with Gasteiger partial charge in [0.15, 0.2) is 15.8 Å². The van der Waals surface area contributed by atoms with Crippen LogP contribution in [0.5, 0.6) is 11.5 Å². The maximum atomic E-state index is 12.8. The Morgan fingerprint density at radius 3 is 2.64 bits per heavy atom. The first-order valence-electron chi connectivity index (χ1n) is 7.63. The van der Waals surface area contributed by atoms with Crippen LogP contribution in [-0.4, -0.2) is 22.4 Å². The molecule has 128 valence electrons. The van der Waals surface area contributed by atoms with Gasteiger partial charge in [0.25, 0.3) is 5.91 Å². The van der Waals surface area contributed by atoms with Gasteiger partial charge in [-0.1, -0.05) is 42.2 Å². The Balaban J connectivity index is 1.97. The number of methoxy groups -OCH3 is 1. The number of hydrogen-bond donors (Lipinski definition) is 1. The standard InChI is InChI=1S/C19H17NO3S2/c1-11-7-8-14(9-12(11)2)20-18(22)16(25-19(20)24)10-13-5-4-6-15(23-3)17(13)21/h4-10,21H,1-3H3/b16-10-. The van der Waals surface area contributed by atoms with Crippen molar-refractivity contribution >= 4 is 46.0 Å². The summed E-state index contributed by atoms with van der Waals surface area (Å²) in [4.78, 5) is 14.8. The zero-order valence-corrected chi connectivity index (χ0v) is 15.7. The van der Waals surface area contributed by atoms with Crippen molar-refractivity contribution in [2.24, 2.45) is 0 Å². The molecule has 1 N–H and O–H groups in total. The Bertz CT molecular complexity index is 906. The topological polar surface area (TPSA) is 49.8 Å². The first kappa shape index (κ1) is 17.5. The van der Waals surface area contributed by atoms with Gasteiger partial charge in [-0.2, -0.15) is 0 Å². The molecule has 1 aliphatic rings. The number of benzene rings is 2. The number of rotatable bonds is 3. The zero-order chi connectivity index (χ0) is 18.1. The Hall–Kier alpha value is -2.31. The van der Waals surface area contributed by atoms with E-state index >= 15 is 0 Å². The number of aromatic hydroxyl groups is 1. The molecule has 1 saturated heterocycles. The van der Waals surface area contributed by atoms with Crippen LogP contribution < -0.4 is 9.64 Å². The SMILES string of the molecule is COc1cccc(/C=C2\SC(=S)N(c3ccc(C)c(C)c3)C2=O)c1O. The maximum absolute atomic E-state index is 12.8. The highest BCUT2D eigenvalue weighted by atomic mass is 32.2. The third kappa shape index (κ3) is 3.27. The normalized spacial score (nSPS) is 16.0. The third-order valence-corrected chi connectivity index (χ3v) is 5.38. The first-order chi connectivity index (χ1) is 11.9. The van der Waals surface area contributed by atoms with Crippen molar-refractivity contribution in [3.8, 4) is 11.5 Å². The van der Waals surface area contributed by atoms with E-state index < -0.39 is 0 Å². The number of ether oxygens (including phenoxy) is 1. The number of thioether (sulfide) groups is 1. The van der Waals surface area contributed by atoms with E-state index in [1.165, 1.54) is 23.8 Å². The van der Waals surface area contributed by atoms with E-state index in [-0.39, 0.29) is 11.7 Å². The van der Waals surface area contributed by atoms with E-state index in [1.807, 2.05) is 32.0 Å². The van der Waals surface area contributed by atoms with Crippen LogP contribution in [0.3, 0.4) is 0 Å². The number of thiocarbonyl (C=S) groups is 1. The number of carbonyl (C=O) groups is 1. The van der Waals surface area contributed by atoms with Crippen LogP contribution in [0, 0.1) is 13.8 Å². The fourth-order valence-electron chi connectivity index (χ4n) is 2.52. The largest absolute Gasteiger partial charge is 0.504 e. The number of nitrogens with zero attached hydrogens (tertiary/aromatic N) is 1. The minimum atomic E-state index is -0.194. The summed E-state index contributed by atoms with van der Waals surface area (Å²) in [6.07, 6.45) is 1.64. The summed E-state index contributed by atoms with van der Waals surface area (Å²) in [7, 11) is 1.48. The van der Waals surface area contributed by atoms with E-state index in [4.69, 9.17) is 17.0 Å². The number of para-hydroxylation sites is 1. The minimum absolute atomic E-state index is 0.00134. The summed E-state index contributed by atoms with van der Waals surface area (Å²) in [6.45, 7) is 4.02. The van der Waals surface area contributed by atoms with Crippen molar-refractivity contribution in [3.63, 3.8) is 0 Å². The molecule has 4 nitrogen and oxygen atoms in total. The molecular formula is C19H17NO3S2. The molecule has 3 rings (SSSR count). The number of anilines is 1. The molecule has 6 heteroatoms. The molecule has 0 radical (unpaired) electrons. The Morgan fingerprint density at radius 2 is 1.96 bits per heavy atom. The van der Waals surface area contributed by atoms with Gasteiger partial charge in [-0.15, -0.1) is 0 Å². The highest BCUT2D eigenvalue weighted by molar-refractivity contribution is 8.27. The highest BCUT2D eigenvalue weighted by Gasteiger charge is 2.33. The quantitative estimate of drug-likeness (QED) is 0.639. The zero-order valence-electron chi connectivity index (χ0n) is 14.1. The van der Waals surface area contributed by atoms with Gasteiger partial charge in [-0.05, 0) is 49.2 Å². The van der Waals surface area contributed by atoms with Crippen molar-refractivity contribution in [2.75, 3.05) is 12.0 Å². The molecule has 0 bridgehead atoms. The predicted molar refractivity (Wildman–Crippen MR) is 106 cm³/mol. The Morgan fingerprint density at radius 1 is 1.20 bits per heavy atom. The third-order valence-electron chi connectivity index (χ3n) is 4.08. The molecule has 0 atom stereocenters.